The van der Waals surface area contributed by atoms with Crippen molar-refractivity contribution in [3.05, 3.63) is 33.9 Å². The molecule has 8 nitrogen and oxygen atoms in total. The van der Waals surface area contributed by atoms with Crippen molar-refractivity contribution < 1.29 is 19.0 Å². The van der Waals surface area contributed by atoms with E-state index in [-0.39, 0.29) is 36.6 Å². The van der Waals surface area contributed by atoms with Gasteiger partial charge in [0.25, 0.3) is 5.56 Å². The molecule has 0 radical (unpaired) electrons. The van der Waals surface area contributed by atoms with Crippen molar-refractivity contribution in [2.24, 2.45) is 11.7 Å². The molecule has 0 bridgehead atoms. The summed E-state index contributed by atoms with van der Waals surface area (Å²) in [5.74, 6) is -0.257. The number of nitrogens with one attached hydrogen (secondary N) is 1. The van der Waals surface area contributed by atoms with E-state index in [4.69, 9.17) is 15.6 Å². The number of carbonyl (C=O) groups excluding carboxylic acids is 1. The molecule has 2 fully saturated rings. The standard InChI is InChI=1S/C23H31FN4O4/c1-13-22-17(9-18(24)23(13)27-7-5-15(11-27)14(2)25)19(32-8-6-26-20(30)12-29)10-21(31)28(22)16-3-4-16/h9-10,14-16,29H,3-8,11-12,25H2,1-2H3,(H,26,30)/t14-,15+/m0/s1. The highest BCUT2D eigenvalue weighted by Crippen LogP contribution is 2.42. The van der Waals surface area contributed by atoms with Gasteiger partial charge >= 0.3 is 0 Å². The van der Waals surface area contributed by atoms with Crippen molar-refractivity contribution >= 4 is 22.5 Å². The summed E-state index contributed by atoms with van der Waals surface area (Å²) in [7, 11) is 0. The Hall–Kier alpha value is -2.65. The zero-order valence-corrected chi connectivity index (χ0v) is 18.6. The van der Waals surface area contributed by atoms with Crippen LogP contribution in [0.4, 0.5) is 10.1 Å². The molecule has 4 rings (SSSR count). The fourth-order valence-corrected chi connectivity index (χ4v) is 4.65. The lowest BCUT2D eigenvalue weighted by Gasteiger charge is -2.25. The Morgan fingerprint density at radius 2 is 2.12 bits per heavy atom. The molecule has 2 heterocycles. The number of carbonyl (C=O) groups is 1. The smallest absolute Gasteiger partial charge is 0.255 e. The maximum Gasteiger partial charge on any atom is 0.255 e. The third-order valence-corrected chi connectivity index (χ3v) is 6.48. The second-order valence-corrected chi connectivity index (χ2v) is 8.89. The summed E-state index contributed by atoms with van der Waals surface area (Å²) in [6, 6.07) is 3.02. The molecule has 2 atom stereocenters. The Morgan fingerprint density at radius 3 is 2.75 bits per heavy atom. The number of nitrogens with zero attached hydrogens (tertiary/aromatic N) is 2. The van der Waals surface area contributed by atoms with Crippen molar-refractivity contribution in [3.63, 3.8) is 0 Å². The number of nitrogens with two attached hydrogens (primary N) is 1. The lowest BCUT2D eigenvalue weighted by Crippen LogP contribution is -2.31. The molecule has 2 aromatic rings. The number of halogens is 1. The largest absolute Gasteiger partial charge is 0.491 e. The third kappa shape index (κ3) is 4.31. The summed E-state index contributed by atoms with van der Waals surface area (Å²) in [5, 5.41) is 11.8. The Balaban J connectivity index is 1.74. The van der Waals surface area contributed by atoms with Crippen molar-refractivity contribution in [3.8, 4) is 5.75 Å². The predicted octanol–water partition coefficient (Wildman–Crippen LogP) is 1.44. The topological polar surface area (TPSA) is 110 Å². The van der Waals surface area contributed by atoms with Gasteiger partial charge in [0, 0.05) is 36.6 Å². The van der Waals surface area contributed by atoms with E-state index in [1.165, 1.54) is 12.1 Å². The molecule has 0 unspecified atom stereocenters. The number of hydrogen-bond donors (Lipinski definition) is 3. The summed E-state index contributed by atoms with van der Waals surface area (Å²) in [6.45, 7) is 4.92. The van der Waals surface area contributed by atoms with E-state index in [0.717, 1.165) is 31.4 Å². The van der Waals surface area contributed by atoms with Gasteiger partial charge in [0.1, 0.15) is 24.8 Å². The van der Waals surface area contributed by atoms with Crippen LogP contribution in [-0.4, -0.2) is 54.5 Å². The van der Waals surface area contributed by atoms with Gasteiger partial charge in [0.15, 0.2) is 0 Å². The number of hydrogen-bond acceptors (Lipinski definition) is 6. The number of aromatic nitrogens is 1. The van der Waals surface area contributed by atoms with Gasteiger partial charge in [-0.25, -0.2) is 4.39 Å². The molecule has 1 aromatic carbocycles. The summed E-state index contributed by atoms with van der Waals surface area (Å²) >= 11 is 0. The van der Waals surface area contributed by atoms with E-state index in [9.17, 15) is 9.59 Å². The maximum atomic E-state index is 15.4. The average Bonchev–Trinajstić information content (AvgIpc) is 3.47. The van der Waals surface area contributed by atoms with Crippen LogP contribution in [0.3, 0.4) is 0 Å². The van der Waals surface area contributed by atoms with Gasteiger partial charge in [0.2, 0.25) is 5.91 Å². The fourth-order valence-electron chi connectivity index (χ4n) is 4.65. The lowest BCUT2D eigenvalue weighted by atomic mass is 10.0. The van der Waals surface area contributed by atoms with E-state index >= 15 is 4.39 Å². The lowest BCUT2D eigenvalue weighted by molar-refractivity contribution is -0.123. The minimum atomic E-state index is -0.603. The van der Waals surface area contributed by atoms with Crippen LogP contribution in [0.1, 0.15) is 37.8 Å². The number of aliphatic hydroxyl groups is 1. The number of anilines is 1. The number of aliphatic hydroxyl groups excluding tert-OH is 1. The first kappa shape index (κ1) is 22.5. The Morgan fingerprint density at radius 1 is 1.38 bits per heavy atom. The summed E-state index contributed by atoms with van der Waals surface area (Å²) in [6.07, 6.45) is 2.75. The molecule has 174 valence electrons. The number of aryl methyl sites for hydroxylation is 1. The quantitative estimate of drug-likeness (QED) is 0.530. The minimum absolute atomic E-state index is 0.0415. The Kier molecular flexibility index (Phi) is 6.39. The van der Waals surface area contributed by atoms with E-state index in [0.29, 0.717) is 34.8 Å². The van der Waals surface area contributed by atoms with Crippen LogP contribution in [0.5, 0.6) is 5.75 Å². The first-order valence-corrected chi connectivity index (χ1v) is 11.2. The van der Waals surface area contributed by atoms with Crippen molar-refractivity contribution in [2.75, 3.05) is 37.7 Å². The van der Waals surface area contributed by atoms with E-state index < -0.39 is 12.5 Å². The molecular weight excluding hydrogens is 415 g/mol. The van der Waals surface area contributed by atoms with Crippen molar-refractivity contribution in [2.45, 2.75) is 45.2 Å². The van der Waals surface area contributed by atoms with Gasteiger partial charge in [-0.15, -0.1) is 0 Å². The monoisotopic (exact) mass is 446 g/mol. The molecule has 1 aromatic heterocycles. The second kappa shape index (κ2) is 9.07. The molecule has 1 aliphatic carbocycles. The zero-order valence-electron chi connectivity index (χ0n) is 18.6. The molecule has 1 saturated carbocycles. The predicted molar refractivity (Wildman–Crippen MR) is 121 cm³/mol. The number of fused-ring (bicyclic) bond motifs is 1. The fraction of sp³-hybridized carbons (Fsp3) is 0.565. The number of amides is 1. The Bertz CT molecular complexity index is 1080. The number of benzene rings is 1. The maximum absolute atomic E-state index is 15.4. The summed E-state index contributed by atoms with van der Waals surface area (Å²) in [4.78, 5) is 26.2. The highest BCUT2D eigenvalue weighted by Gasteiger charge is 2.32. The SMILES string of the molecule is Cc1c(N2CC[C@@H]([C@H](C)N)C2)c(F)cc2c(OCCNC(=O)CO)cc(=O)n(C3CC3)c12. The van der Waals surface area contributed by atoms with E-state index in [1.54, 1.807) is 4.57 Å². The number of ether oxygens (including phenoxy) is 1. The van der Waals surface area contributed by atoms with Crippen LogP contribution in [0, 0.1) is 18.7 Å². The Labute approximate surface area is 186 Å². The summed E-state index contributed by atoms with van der Waals surface area (Å²) < 4.78 is 23.0. The van der Waals surface area contributed by atoms with Gasteiger partial charge in [-0.3, -0.25) is 9.59 Å². The first-order valence-electron chi connectivity index (χ1n) is 11.2. The molecule has 1 amide bonds. The zero-order chi connectivity index (χ0) is 23.0. The number of rotatable bonds is 8. The van der Waals surface area contributed by atoms with Crippen LogP contribution >= 0.6 is 0 Å². The highest BCUT2D eigenvalue weighted by molar-refractivity contribution is 5.92. The highest BCUT2D eigenvalue weighted by atomic mass is 19.1. The van der Waals surface area contributed by atoms with Crippen LogP contribution in [0.2, 0.25) is 0 Å². The minimum Gasteiger partial charge on any atom is -0.491 e. The van der Waals surface area contributed by atoms with Crippen LogP contribution in [0.15, 0.2) is 16.9 Å². The second-order valence-electron chi connectivity index (χ2n) is 8.89. The molecule has 0 spiro atoms. The van der Waals surface area contributed by atoms with E-state index in [1.807, 2.05) is 18.7 Å². The van der Waals surface area contributed by atoms with Gasteiger partial charge < -0.3 is 30.4 Å². The molecule has 9 heteroatoms. The molecular formula is C23H31FN4O4. The van der Waals surface area contributed by atoms with Gasteiger partial charge in [-0.1, -0.05) is 0 Å². The molecule has 32 heavy (non-hydrogen) atoms. The van der Waals surface area contributed by atoms with Gasteiger partial charge in [-0.05, 0) is 50.7 Å². The molecule has 2 aliphatic rings. The van der Waals surface area contributed by atoms with Gasteiger partial charge in [0.05, 0.1) is 17.7 Å². The average molecular weight is 447 g/mol. The van der Waals surface area contributed by atoms with Crippen molar-refractivity contribution in [1.29, 1.82) is 0 Å². The molecule has 4 N–H and O–H groups in total. The summed E-state index contributed by atoms with van der Waals surface area (Å²) in [5.41, 5.74) is 7.87. The van der Waals surface area contributed by atoms with Crippen LogP contribution in [0.25, 0.3) is 10.9 Å². The normalized spacial score (nSPS) is 19.4. The van der Waals surface area contributed by atoms with Gasteiger partial charge in [-0.2, -0.15) is 0 Å². The molecule has 1 saturated heterocycles. The van der Waals surface area contributed by atoms with Crippen molar-refractivity contribution in [1.82, 2.24) is 9.88 Å². The van der Waals surface area contributed by atoms with E-state index in [2.05, 4.69) is 5.32 Å². The van der Waals surface area contributed by atoms with Crippen LogP contribution in [-0.2, 0) is 4.79 Å². The first-order chi connectivity index (χ1) is 15.3. The third-order valence-electron chi connectivity index (χ3n) is 6.48. The van der Waals surface area contributed by atoms with Crippen LogP contribution < -0.4 is 26.2 Å². The molecule has 1 aliphatic heterocycles. The number of pyridine rings is 1.